The fourth-order valence-corrected chi connectivity index (χ4v) is 4.24. The molecule has 12 heteroatoms. The summed E-state index contributed by atoms with van der Waals surface area (Å²) in [7, 11) is 0. The largest absolute Gasteiger partial charge is 0.476 e. The molecular weight excluding hydrogens is 555 g/mol. The van der Waals surface area contributed by atoms with E-state index in [-0.39, 0.29) is 38.6 Å². The van der Waals surface area contributed by atoms with Crippen LogP contribution in [0.2, 0.25) is 0 Å². The summed E-state index contributed by atoms with van der Waals surface area (Å²) in [5, 5.41) is 4.11. The standard InChI is InChI=1S/C30H44F3N3O6/c1-5-7-8-9-11-21-36-28(39)35(20-13-19-30(31,32)33)26(37)25(34-36)41-22-12-10-14-23-15-17-24(18-16-23)42-29(3,4)27(38)40-6-2/h15-18H,5-14,19-22H2,1-4H3. The second-order valence-electron chi connectivity index (χ2n) is 10.7. The Morgan fingerprint density at radius 1 is 0.905 bits per heavy atom. The van der Waals surface area contributed by atoms with Crippen LogP contribution in [0.3, 0.4) is 0 Å². The Bertz CT molecular complexity index is 1220. The highest BCUT2D eigenvalue weighted by atomic mass is 19.4. The molecule has 0 radical (unpaired) electrons. The molecule has 236 valence electrons. The molecule has 1 aromatic carbocycles. The van der Waals surface area contributed by atoms with Crippen LogP contribution in [-0.4, -0.2) is 45.3 Å². The molecule has 0 aliphatic rings. The minimum absolute atomic E-state index is 0.161. The monoisotopic (exact) mass is 599 g/mol. The minimum atomic E-state index is -4.37. The summed E-state index contributed by atoms with van der Waals surface area (Å²) in [6, 6.07) is 7.36. The van der Waals surface area contributed by atoms with Crippen LogP contribution < -0.4 is 20.7 Å². The molecule has 0 bridgehead atoms. The molecule has 1 heterocycles. The lowest BCUT2D eigenvalue weighted by Crippen LogP contribution is -2.42. The Balaban J connectivity index is 1.96. The number of halogens is 3. The van der Waals surface area contributed by atoms with Crippen LogP contribution in [0, 0.1) is 0 Å². The Labute approximate surface area is 245 Å². The van der Waals surface area contributed by atoms with E-state index in [0.29, 0.717) is 18.6 Å². The topological polar surface area (TPSA) is 102 Å². The molecule has 9 nitrogen and oxygen atoms in total. The maximum atomic E-state index is 12.8. The molecule has 2 rings (SSSR count). The summed E-state index contributed by atoms with van der Waals surface area (Å²) in [4.78, 5) is 37.7. The first-order valence-electron chi connectivity index (χ1n) is 14.7. The number of rotatable bonds is 19. The highest BCUT2D eigenvalue weighted by Gasteiger charge is 2.31. The van der Waals surface area contributed by atoms with Crippen molar-refractivity contribution in [3.05, 3.63) is 50.7 Å². The molecule has 0 saturated carbocycles. The predicted molar refractivity (Wildman–Crippen MR) is 153 cm³/mol. The summed E-state index contributed by atoms with van der Waals surface area (Å²) in [5.41, 5.74) is -1.61. The van der Waals surface area contributed by atoms with Crippen molar-refractivity contribution in [1.82, 2.24) is 14.3 Å². The Morgan fingerprint density at radius 3 is 2.24 bits per heavy atom. The number of carbonyl (C=O) groups is 1. The number of aromatic nitrogens is 3. The van der Waals surface area contributed by atoms with E-state index in [9.17, 15) is 27.6 Å². The van der Waals surface area contributed by atoms with Crippen molar-refractivity contribution in [3.63, 3.8) is 0 Å². The van der Waals surface area contributed by atoms with Gasteiger partial charge in [0.2, 0.25) is 0 Å². The third-order valence-corrected chi connectivity index (χ3v) is 6.57. The lowest BCUT2D eigenvalue weighted by molar-refractivity contribution is -0.158. The minimum Gasteiger partial charge on any atom is -0.476 e. The number of hydrogen-bond acceptors (Lipinski definition) is 7. The van der Waals surface area contributed by atoms with E-state index in [2.05, 4.69) is 12.0 Å². The zero-order chi connectivity index (χ0) is 31.2. The maximum Gasteiger partial charge on any atom is 0.389 e. The maximum absolute atomic E-state index is 12.8. The molecule has 0 amide bonds. The average molecular weight is 600 g/mol. The summed E-state index contributed by atoms with van der Waals surface area (Å²) >= 11 is 0. The first-order chi connectivity index (χ1) is 19.9. The van der Waals surface area contributed by atoms with Crippen molar-refractivity contribution in [2.24, 2.45) is 0 Å². The van der Waals surface area contributed by atoms with Gasteiger partial charge in [-0.25, -0.2) is 14.3 Å². The van der Waals surface area contributed by atoms with Gasteiger partial charge in [-0.1, -0.05) is 44.7 Å². The predicted octanol–water partition coefficient (Wildman–Crippen LogP) is 5.84. The SMILES string of the molecule is CCCCCCCn1nc(OCCCCc2ccc(OC(C)(C)C(=O)OCC)cc2)c(=O)n(CCCC(F)(F)F)c1=O. The van der Waals surface area contributed by atoms with Crippen LogP contribution in [-0.2, 0) is 29.0 Å². The average Bonchev–Trinajstić information content (AvgIpc) is 2.92. The van der Waals surface area contributed by atoms with E-state index in [1.807, 2.05) is 12.1 Å². The van der Waals surface area contributed by atoms with Gasteiger partial charge in [0.15, 0.2) is 5.60 Å². The smallest absolute Gasteiger partial charge is 0.389 e. The van der Waals surface area contributed by atoms with Crippen LogP contribution in [0.25, 0.3) is 0 Å². The van der Waals surface area contributed by atoms with Crippen molar-refractivity contribution in [2.75, 3.05) is 13.2 Å². The Kier molecular flexibility index (Phi) is 14.1. The third-order valence-electron chi connectivity index (χ3n) is 6.57. The Hall–Kier alpha value is -3.31. The molecule has 2 aromatic rings. The molecule has 1 aromatic heterocycles. The first-order valence-corrected chi connectivity index (χ1v) is 14.7. The number of unbranched alkanes of at least 4 members (excludes halogenated alkanes) is 5. The molecule has 0 saturated heterocycles. The van der Waals surface area contributed by atoms with Crippen LogP contribution in [0.1, 0.15) is 91.0 Å². The summed E-state index contributed by atoms with van der Waals surface area (Å²) in [5.74, 6) is -0.182. The van der Waals surface area contributed by atoms with E-state index in [1.165, 1.54) is 0 Å². The van der Waals surface area contributed by atoms with E-state index in [4.69, 9.17) is 14.2 Å². The highest BCUT2D eigenvalue weighted by molar-refractivity contribution is 5.79. The van der Waals surface area contributed by atoms with Crippen LogP contribution >= 0.6 is 0 Å². The second-order valence-corrected chi connectivity index (χ2v) is 10.7. The lowest BCUT2D eigenvalue weighted by atomic mass is 10.1. The molecule has 0 aliphatic heterocycles. The van der Waals surface area contributed by atoms with Crippen molar-refractivity contribution >= 4 is 5.97 Å². The quantitative estimate of drug-likeness (QED) is 0.148. The number of nitrogens with zero attached hydrogens (tertiary/aromatic N) is 3. The van der Waals surface area contributed by atoms with E-state index in [1.54, 1.807) is 32.9 Å². The lowest BCUT2D eigenvalue weighted by Gasteiger charge is -2.24. The van der Waals surface area contributed by atoms with Crippen molar-refractivity contribution in [1.29, 1.82) is 0 Å². The summed E-state index contributed by atoms with van der Waals surface area (Å²) < 4.78 is 56.3. The summed E-state index contributed by atoms with van der Waals surface area (Å²) in [6.07, 6.45) is 0.852. The molecule has 0 spiro atoms. The molecule has 0 N–H and O–H groups in total. The van der Waals surface area contributed by atoms with Gasteiger partial charge in [0.1, 0.15) is 5.75 Å². The number of benzene rings is 1. The van der Waals surface area contributed by atoms with Crippen molar-refractivity contribution in [2.45, 2.75) is 117 Å². The van der Waals surface area contributed by atoms with Crippen LogP contribution in [0.15, 0.2) is 33.9 Å². The van der Waals surface area contributed by atoms with Gasteiger partial charge in [-0.15, -0.1) is 5.10 Å². The van der Waals surface area contributed by atoms with Crippen LogP contribution in [0.4, 0.5) is 13.2 Å². The van der Waals surface area contributed by atoms with E-state index >= 15 is 0 Å². The number of aryl methyl sites for hydroxylation is 2. The number of esters is 1. The van der Waals surface area contributed by atoms with Gasteiger partial charge in [0, 0.05) is 19.5 Å². The molecule has 0 unspecified atom stereocenters. The van der Waals surface area contributed by atoms with E-state index < -0.39 is 35.4 Å². The fourth-order valence-electron chi connectivity index (χ4n) is 4.24. The number of ether oxygens (including phenoxy) is 3. The Morgan fingerprint density at radius 2 is 1.60 bits per heavy atom. The number of alkyl halides is 3. The van der Waals surface area contributed by atoms with Gasteiger partial charge in [-0.05, 0) is 70.6 Å². The van der Waals surface area contributed by atoms with Crippen LogP contribution in [0.5, 0.6) is 11.6 Å². The zero-order valence-electron chi connectivity index (χ0n) is 25.1. The van der Waals surface area contributed by atoms with Gasteiger partial charge < -0.3 is 14.2 Å². The molecule has 0 aliphatic carbocycles. The zero-order valence-corrected chi connectivity index (χ0v) is 25.1. The van der Waals surface area contributed by atoms with Gasteiger partial charge in [-0.3, -0.25) is 9.36 Å². The summed E-state index contributed by atoms with van der Waals surface area (Å²) in [6.45, 7) is 7.44. The molecule has 0 fully saturated rings. The van der Waals surface area contributed by atoms with Crippen molar-refractivity contribution in [3.8, 4) is 11.6 Å². The van der Waals surface area contributed by atoms with Gasteiger partial charge >= 0.3 is 23.4 Å². The molecular formula is C30H44F3N3O6. The highest BCUT2D eigenvalue weighted by Crippen LogP contribution is 2.22. The third kappa shape index (κ3) is 11.9. The van der Waals surface area contributed by atoms with Gasteiger partial charge in [-0.2, -0.15) is 13.2 Å². The van der Waals surface area contributed by atoms with Gasteiger partial charge in [0.05, 0.1) is 13.2 Å². The van der Waals surface area contributed by atoms with Gasteiger partial charge in [0.25, 0.3) is 5.88 Å². The molecule has 42 heavy (non-hydrogen) atoms. The second kappa shape index (κ2) is 17.0. The fraction of sp³-hybridized carbons (Fsp3) is 0.667. The number of carbonyl (C=O) groups excluding carboxylic acids is 1. The van der Waals surface area contributed by atoms with E-state index in [0.717, 1.165) is 53.3 Å². The number of hydrogen-bond donors (Lipinski definition) is 0. The molecule has 0 atom stereocenters. The normalized spacial score (nSPS) is 11.9. The van der Waals surface area contributed by atoms with Crippen molar-refractivity contribution < 1.29 is 32.2 Å². The first kappa shape index (κ1) is 34.9.